The summed E-state index contributed by atoms with van der Waals surface area (Å²) in [6, 6.07) is 18.3. The molecule has 1 atom stereocenters. The monoisotopic (exact) mass is 503 g/mol. The number of carbonyl (C=O) groups is 1. The summed E-state index contributed by atoms with van der Waals surface area (Å²) < 4.78 is 0.878. The molecule has 2 heterocycles. The largest absolute Gasteiger partial charge is 0.377 e. The van der Waals surface area contributed by atoms with E-state index in [-0.39, 0.29) is 11.9 Å². The van der Waals surface area contributed by atoms with Crippen molar-refractivity contribution in [3.63, 3.8) is 0 Å². The highest BCUT2D eigenvalue weighted by molar-refractivity contribution is 9.10. The predicted molar refractivity (Wildman–Crippen MR) is 130 cm³/mol. The highest BCUT2D eigenvalue weighted by Crippen LogP contribution is 2.32. The average molecular weight is 505 g/mol. The summed E-state index contributed by atoms with van der Waals surface area (Å²) in [5.74, 6) is 0.107. The minimum atomic E-state index is 0.0823. The van der Waals surface area contributed by atoms with E-state index in [1.54, 1.807) is 0 Å². The van der Waals surface area contributed by atoms with E-state index in [0.717, 1.165) is 44.4 Å². The van der Waals surface area contributed by atoms with Crippen molar-refractivity contribution in [2.24, 2.45) is 0 Å². The van der Waals surface area contributed by atoms with E-state index < -0.39 is 0 Å². The summed E-state index contributed by atoms with van der Waals surface area (Å²) in [4.78, 5) is 17.8. The molecule has 3 aromatic rings. The molecule has 0 spiro atoms. The molecule has 0 aliphatic carbocycles. The minimum absolute atomic E-state index is 0.0823. The Morgan fingerprint density at radius 3 is 2.47 bits per heavy atom. The highest BCUT2D eigenvalue weighted by atomic mass is 79.9. The topological polar surface area (TPSA) is 35.6 Å². The van der Waals surface area contributed by atoms with Gasteiger partial charge in [0.1, 0.15) is 4.88 Å². The van der Waals surface area contributed by atoms with Crippen LogP contribution in [0.1, 0.15) is 28.2 Å². The van der Waals surface area contributed by atoms with Gasteiger partial charge < -0.3 is 15.1 Å². The van der Waals surface area contributed by atoms with E-state index in [1.165, 1.54) is 11.3 Å². The molecular weight excluding hydrogens is 482 g/mol. The Morgan fingerprint density at radius 2 is 1.77 bits per heavy atom. The maximum atomic E-state index is 12.8. The molecule has 0 saturated carbocycles. The van der Waals surface area contributed by atoms with Crippen LogP contribution in [0, 0.1) is 0 Å². The van der Waals surface area contributed by atoms with Gasteiger partial charge in [0.15, 0.2) is 0 Å². The molecule has 1 aromatic heterocycles. The van der Waals surface area contributed by atoms with Crippen molar-refractivity contribution >= 4 is 56.1 Å². The van der Waals surface area contributed by atoms with Crippen molar-refractivity contribution < 1.29 is 4.79 Å². The van der Waals surface area contributed by atoms with Crippen LogP contribution >= 0.6 is 38.9 Å². The van der Waals surface area contributed by atoms with Crippen molar-refractivity contribution in [3.05, 3.63) is 79.9 Å². The molecular formula is C23H23BrClN3OS. The fourth-order valence-corrected chi connectivity index (χ4v) is 5.56. The fraction of sp³-hybridized carbons (Fsp3) is 0.261. The summed E-state index contributed by atoms with van der Waals surface area (Å²) in [6.45, 7) is 5.13. The number of carbonyl (C=O) groups excluding carboxylic acids is 1. The predicted octanol–water partition coefficient (Wildman–Crippen LogP) is 6.30. The molecule has 1 aliphatic rings. The number of amides is 1. The first-order valence-corrected chi connectivity index (χ1v) is 12.0. The Bertz CT molecular complexity index is 1030. The van der Waals surface area contributed by atoms with Crippen LogP contribution in [0.25, 0.3) is 0 Å². The Balaban J connectivity index is 1.45. The maximum absolute atomic E-state index is 12.8. The van der Waals surface area contributed by atoms with Crippen molar-refractivity contribution in [2.45, 2.75) is 13.0 Å². The molecule has 2 aromatic carbocycles. The van der Waals surface area contributed by atoms with Gasteiger partial charge in [0, 0.05) is 35.7 Å². The molecule has 0 bridgehead atoms. The molecule has 0 radical (unpaired) electrons. The first kappa shape index (κ1) is 21.2. The third-order valence-electron chi connectivity index (χ3n) is 5.37. The second-order valence-corrected chi connectivity index (χ2v) is 9.46. The molecule has 4 nitrogen and oxygen atoms in total. The van der Waals surface area contributed by atoms with Gasteiger partial charge in [0.2, 0.25) is 0 Å². The van der Waals surface area contributed by atoms with Gasteiger partial charge in [-0.05, 0) is 58.1 Å². The summed E-state index contributed by atoms with van der Waals surface area (Å²) >= 11 is 11.3. The molecule has 1 aliphatic heterocycles. The Morgan fingerprint density at radius 1 is 1.07 bits per heavy atom. The van der Waals surface area contributed by atoms with Crippen LogP contribution in [-0.4, -0.2) is 37.0 Å². The quantitative estimate of drug-likeness (QED) is 0.443. The third-order valence-corrected chi connectivity index (χ3v) is 7.54. The number of anilines is 2. The van der Waals surface area contributed by atoms with Crippen LogP contribution in [-0.2, 0) is 0 Å². The lowest BCUT2D eigenvalue weighted by Crippen LogP contribution is -2.48. The second kappa shape index (κ2) is 9.41. The summed E-state index contributed by atoms with van der Waals surface area (Å²) in [5.41, 5.74) is 3.30. The smallest absolute Gasteiger partial charge is 0.265 e. The molecule has 1 saturated heterocycles. The normalized spacial score (nSPS) is 15.2. The summed E-state index contributed by atoms with van der Waals surface area (Å²) in [7, 11) is 0. The molecule has 156 valence electrons. The SMILES string of the molecule is CC(Nc1ccccc1N1CCN(C(=O)c2sccc2Br)CC1)c1ccccc1Cl. The zero-order valence-electron chi connectivity index (χ0n) is 16.6. The van der Waals surface area contributed by atoms with Crippen LogP contribution in [0.5, 0.6) is 0 Å². The van der Waals surface area contributed by atoms with Crippen molar-refractivity contribution in [1.29, 1.82) is 0 Å². The van der Waals surface area contributed by atoms with Gasteiger partial charge in [-0.1, -0.05) is 41.9 Å². The Hall–Kier alpha value is -2.02. The molecule has 7 heteroatoms. The summed E-state index contributed by atoms with van der Waals surface area (Å²) in [6.07, 6.45) is 0. The molecule has 4 rings (SSSR count). The van der Waals surface area contributed by atoms with Crippen molar-refractivity contribution in [2.75, 3.05) is 36.4 Å². The first-order chi connectivity index (χ1) is 14.5. The average Bonchev–Trinajstić information content (AvgIpc) is 3.20. The van der Waals surface area contributed by atoms with Crippen LogP contribution in [0.4, 0.5) is 11.4 Å². The highest BCUT2D eigenvalue weighted by Gasteiger charge is 2.25. The molecule has 1 amide bonds. The minimum Gasteiger partial charge on any atom is -0.377 e. The van der Waals surface area contributed by atoms with Gasteiger partial charge in [0.05, 0.1) is 17.4 Å². The molecule has 1 unspecified atom stereocenters. The van der Waals surface area contributed by atoms with E-state index in [0.29, 0.717) is 13.1 Å². The van der Waals surface area contributed by atoms with Gasteiger partial charge in [-0.15, -0.1) is 11.3 Å². The van der Waals surface area contributed by atoms with E-state index in [9.17, 15) is 4.79 Å². The first-order valence-electron chi connectivity index (χ1n) is 9.92. The lowest BCUT2D eigenvalue weighted by molar-refractivity contribution is 0.0751. The standard InChI is InChI=1S/C23H23BrClN3OS/c1-16(17-6-2-3-7-19(17)25)26-20-8-4-5-9-21(20)27-11-13-28(14-12-27)23(29)22-18(24)10-15-30-22/h2-10,15-16,26H,11-14H2,1H3. The van der Waals surface area contributed by atoms with Gasteiger partial charge >= 0.3 is 0 Å². The number of hydrogen-bond acceptors (Lipinski definition) is 4. The van der Waals surface area contributed by atoms with Crippen LogP contribution in [0.2, 0.25) is 5.02 Å². The van der Waals surface area contributed by atoms with E-state index in [1.807, 2.05) is 40.6 Å². The third kappa shape index (κ3) is 4.51. The fourth-order valence-electron chi connectivity index (χ4n) is 3.75. The van der Waals surface area contributed by atoms with E-state index in [4.69, 9.17) is 11.6 Å². The number of para-hydroxylation sites is 2. The Labute approximate surface area is 194 Å². The van der Waals surface area contributed by atoms with Gasteiger partial charge in [-0.25, -0.2) is 0 Å². The molecule has 1 fully saturated rings. The van der Waals surface area contributed by atoms with Crippen LogP contribution in [0.15, 0.2) is 64.5 Å². The zero-order chi connectivity index (χ0) is 21.1. The van der Waals surface area contributed by atoms with Crippen LogP contribution < -0.4 is 10.2 Å². The van der Waals surface area contributed by atoms with Crippen molar-refractivity contribution in [1.82, 2.24) is 4.90 Å². The Kier molecular flexibility index (Phi) is 6.66. The van der Waals surface area contributed by atoms with E-state index in [2.05, 4.69) is 57.3 Å². The number of piperazine rings is 1. The number of halogens is 2. The summed E-state index contributed by atoms with van der Waals surface area (Å²) in [5, 5.41) is 6.32. The van der Waals surface area contributed by atoms with Crippen LogP contribution in [0.3, 0.4) is 0 Å². The number of benzene rings is 2. The van der Waals surface area contributed by atoms with Gasteiger partial charge in [-0.3, -0.25) is 4.79 Å². The zero-order valence-corrected chi connectivity index (χ0v) is 19.8. The lowest BCUT2D eigenvalue weighted by atomic mass is 10.1. The molecule has 1 N–H and O–H groups in total. The maximum Gasteiger partial charge on any atom is 0.265 e. The number of rotatable bonds is 5. The number of hydrogen-bond donors (Lipinski definition) is 1. The number of thiophene rings is 1. The second-order valence-electron chi connectivity index (χ2n) is 7.28. The number of nitrogens with one attached hydrogen (secondary N) is 1. The lowest BCUT2D eigenvalue weighted by Gasteiger charge is -2.37. The number of nitrogens with zero attached hydrogens (tertiary/aromatic N) is 2. The molecule has 30 heavy (non-hydrogen) atoms. The van der Waals surface area contributed by atoms with Crippen molar-refractivity contribution in [3.8, 4) is 0 Å². The van der Waals surface area contributed by atoms with E-state index >= 15 is 0 Å². The van der Waals surface area contributed by atoms with Gasteiger partial charge in [0.25, 0.3) is 5.91 Å². The van der Waals surface area contributed by atoms with Gasteiger partial charge in [-0.2, -0.15) is 0 Å².